The molecule has 0 aliphatic carbocycles. The maximum absolute atomic E-state index is 5.72. The van der Waals surface area contributed by atoms with Gasteiger partial charge < -0.3 is 19.6 Å². The average Bonchev–Trinajstić information content (AvgIpc) is 1.60. The topological polar surface area (TPSA) is 61.5 Å². The van der Waals surface area contributed by atoms with Gasteiger partial charge in [0.25, 0.3) is 0 Å². The van der Waals surface area contributed by atoms with Gasteiger partial charge in [-0.1, -0.05) is 176 Å². The summed E-state index contributed by atoms with van der Waals surface area (Å²) >= 11 is 0. The minimum atomic E-state index is 0.479. The number of rotatable bonds is 15. The Balaban J connectivity index is 0.962. The molecule has 0 aliphatic heterocycles. The molecule has 0 atom stereocenters. The van der Waals surface area contributed by atoms with E-state index >= 15 is 0 Å². The van der Waals surface area contributed by atoms with Crippen molar-refractivity contribution in [2.45, 2.75) is 0 Å². The molecule has 0 bridgehead atoms. The maximum Gasteiger partial charge on any atom is 0.240 e. The van der Waals surface area contributed by atoms with Crippen LogP contribution in [0.2, 0.25) is 0 Å². The molecule has 90 heavy (non-hydrogen) atoms. The zero-order valence-electron chi connectivity index (χ0n) is 48.9. The second-order valence-electron chi connectivity index (χ2n) is 22.1. The van der Waals surface area contributed by atoms with Crippen LogP contribution < -0.4 is 19.6 Å². The van der Waals surface area contributed by atoms with Gasteiger partial charge in [0, 0.05) is 95.4 Å². The molecule has 3 heterocycles. The third-order valence-electron chi connectivity index (χ3n) is 16.7. The van der Waals surface area contributed by atoms with Crippen molar-refractivity contribution in [2.24, 2.45) is 0 Å². The molecule has 0 aliphatic rings. The summed E-state index contributed by atoms with van der Waals surface area (Å²) in [5.74, 6) is 1.50. The monoisotopic (exact) mass is 1160 g/mol. The van der Waals surface area contributed by atoms with E-state index in [2.05, 4.69) is 356 Å². The van der Waals surface area contributed by atoms with E-state index < -0.39 is 0 Å². The zero-order chi connectivity index (χ0) is 59.7. The van der Waals surface area contributed by atoms with Crippen LogP contribution in [0.4, 0.5) is 68.2 Å². The van der Waals surface area contributed by atoms with E-state index in [4.69, 9.17) is 15.0 Å². The van der Waals surface area contributed by atoms with Crippen molar-refractivity contribution in [1.82, 2.24) is 24.1 Å². The molecule has 16 aromatic rings. The van der Waals surface area contributed by atoms with E-state index in [-0.39, 0.29) is 0 Å². The largest absolute Gasteiger partial charge is 0.310 e. The second-order valence-corrected chi connectivity index (χ2v) is 22.1. The highest BCUT2D eigenvalue weighted by Gasteiger charge is 2.26. The number of nitrogens with zero attached hydrogens (tertiary/aromatic N) is 9. The fourth-order valence-electron chi connectivity index (χ4n) is 12.7. The molecule has 0 saturated heterocycles. The molecule has 0 amide bonds. The fourth-order valence-corrected chi connectivity index (χ4v) is 12.7. The number of aromatic nitrogens is 5. The summed E-state index contributed by atoms with van der Waals surface area (Å²) in [7, 11) is 0. The summed E-state index contributed by atoms with van der Waals surface area (Å²) in [6.45, 7) is 0. The molecule has 0 N–H and O–H groups in total. The molecule has 0 spiro atoms. The van der Waals surface area contributed by atoms with Gasteiger partial charge in [-0.25, -0.2) is 0 Å². The molecule has 426 valence electrons. The van der Waals surface area contributed by atoms with Gasteiger partial charge in [0.1, 0.15) is 0 Å². The lowest BCUT2D eigenvalue weighted by molar-refractivity contribution is 0.893. The van der Waals surface area contributed by atoms with E-state index in [0.717, 1.165) is 117 Å². The molecule has 0 radical (unpaired) electrons. The van der Waals surface area contributed by atoms with Crippen LogP contribution in [0.5, 0.6) is 0 Å². The predicted molar refractivity (Wildman–Crippen MR) is 373 cm³/mol. The van der Waals surface area contributed by atoms with Crippen LogP contribution in [0.15, 0.2) is 346 Å². The number of hydrogen-bond acceptors (Lipinski definition) is 7. The van der Waals surface area contributed by atoms with Gasteiger partial charge in [-0.05, 0) is 170 Å². The predicted octanol–water partition coefficient (Wildman–Crippen LogP) is 21.6. The van der Waals surface area contributed by atoms with Crippen LogP contribution in [0.3, 0.4) is 0 Å². The van der Waals surface area contributed by atoms with Gasteiger partial charge in [0.05, 0.1) is 22.1 Å². The summed E-state index contributed by atoms with van der Waals surface area (Å²) in [5.41, 5.74) is 17.0. The van der Waals surface area contributed by atoms with Crippen LogP contribution in [0.25, 0.3) is 66.9 Å². The summed E-state index contributed by atoms with van der Waals surface area (Å²) in [6.07, 6.45) is 0. The number of para-hydroxylation sites is 8. The fraction of sp³-hybridized carbons (Fsp3) is 0. The Morgan fingerprint density at radius 2 is 0.389 bits per heavy atom. The summed E-state index contributed by atoms with van der Waals surface area (Å²) in [6, 6.07) is 122. The van der Waals surface area contributed by atoms with Crippen molar-refractivity contribution in [3.8, 4) is 23.3 Å². The first-order valence-electron chi connectivity index (χ1n) is 30.3. The zero-order valence-corrected chi connectivity index (χ0v) is 48.9. The minimum Gasteiger partial charge on any atom is -0.310 e. The maximum atomic E-state index is 5.72. The third-order valence-corrected chi connectivity index (χ3v) is 16.7. The molecule has 3 aromatic heterocycles. The van der Waals surface area contributed by atoms with Crippen molar-refractivity contribution < 1.29 is 0 Å². The van der Waals surface area contributed by atoms with Crippen molar-refractivity contribution in [3.05, 3.63) is 346 Å². The molecular formula is C81H57N9. The van der Waals surface area contributed by atoms with Gasteiger partial charge in [-0.15, -0.1) is 0 Å². The van der Waals surface area contributed by atoms with Crippen LogP contribution in [0, 0.1) is 0 Å². The van der Waals surface area contributed by atoms with Crippen molar-refractivity contribution in [2.75, 3.05) is 19.6 Å². The summed E-state index contributed by atoms with van der Waals surface area (Å²) in [4.78, 5) is 26.0. The SMILES string of the molecule is c1ccc(-c2nc(-n3c4ccc(N(c5ccccc5)c5ccccc5)cc4c4cc(N(c5ccccc5)c5ccccc5)ccc43)nc(-n3c4ccc(N(c5ccccc5)c5ccccc5)cc4c4cc(N(c5ccccc5)c5ccccc5)ccc43)n2)cc1. The Morgan fingerprint density at radius 3 is 0.600 bits per heavy atom. The van der Waals surface area contributed by atoms with E-state index in [9.17, 15) is 0 Å². The van der Waals surface area contributed by atoms with Crippen LogP contribution in [-0.2, 0) is 0 Å². The number of hydrogen-bond donors (Lipinski definition) is 0. The first-order chi connectivity index (χ1) is 44.7. The molecule has 9 heteroatoms. The Bertz CT molecular complexity index is 4420. The van der Waals surface area contributed by atoms with E-state index in [1.807, 2.05) is 18.2 Å². The molecule has 0 saturated carbocycles. The van der Waals surface area contributed by atoms with Crippen LogP contribution >= 0.6 is 0 Å². The molecule has 9 nitrogen and oxygen atoms in total. The molecule has 0 fully saturated rings. The molecular weight excluding hydrogens is 1100 g/mol. The lowest BCUT2D eigenvalue weighted by Gasteiger charge is -2.26. The van der Waals surface area contributed by atoms with E-state index in [1.165, 1.54) is 0 Å². The number of benzene rings is 13. The summed E-state index contributed by atoms with van der Waals surface area (Å²) in [5, 5.41) is 4.13. The highest BCUT2D eigenvalue weighted by molar-refractivity contribution is 6.13. The Labute approximate surface area is 521 Å². The van der Waals surface area contributed by atoms with Gasteiger partial charge >= 0.3 is 0 Å². The number of anilines is 12. The molecule has 13 aromatic carbocycles. The Morgan fingerprint density at radius 1 is 0.189 bits per heavy atom. The standard InChI is InChI=1S/C81H57N9/c1-10-28-58(29-11-1)79-82-80(89-75-50-46-67(85(59-30-12-2-13-31-59)60-32-14-3-15-33-60)54-71(75)72-55-68(47-51-76(72)89)86(61-34-16-4-17-35-61)62-36-18-5-19-37-62)84-81(83-79)90-77-52-48-69(87(63-38-20-6-21-39-63)64-40-22-7-23-41-64)56-73(77)74-57-70(49-53-78(74)90)88(65-42-24-8-25-43-65)66-44-26-9-27-45-66/h1-57H. The quantitative estimate of drug-likeness (QED) is 0.101. The highest BCUT2D eigenvalue weighted by atomic mass is 15.3. The molecule has 16 rings (SSSR count). The lowest BCUT2D eigenvalue weighted by Crippen LogP contribution is -2.11. The second kappa shape index (κ2) is 23.2. The van der Waals surface area contributed by atoms with Crippen LogP contribution in [0.1, 0.15) is 0 Å². The normalized spacial score (nSPS) is 11.3. The van der Waals surface area contributed by atoms with Gasteiger partial charge in [0.2, 0.25) is 11.9 Å². The van der Waals surface area contributed by atoms with Gasteiger partial charge in [-0.3, -0.25) is 9.13 Å². The minimum absolute atomic E-state index is 0.479. The van der Waals surface area contributed by atoms with Crippen molar-refractivity contribution in [1.29, 1.82) is 0 Å². The Hall–Kier alpha value is -12.3. The highest BCUT2D eigenvalue weighted by Crippen LogP contribution is 2.46. The van der Waals surface area contributed by atoms with E-state index in [0.29, 0.717) is 17.7 Å². The first-order valence-corrected chi connectivity index (χ1v) is 30.3. The average molecular weight is 1160 g/mol. The smallest absolute Gasteiger partial charge is 0.240 e. The number of fused-ring (bicyclic) bond motifs is 6. The van der Waals surface area contributed by atoms with E-state index in [1.54, 1.807) is 0 Å². The molecule has 0 unspecified atom stereocenters. The van der Waals surface area contributed by atoms with Crippen LogP contribution in [-0.4, -0.2) is 24.1 Å². The first kappa shape index (κ1) is 53.2. The summed E-state index contributed by atoms with van der Waals surface area (Å²) < 4.78 is 4.44. The Kier molecular flexibility index (Phi) is 13.7. The van der Waals surface area contributed by atoms with Crippen molar-refractivity contribution >= 4 is 112 Å². The van der Waals surface area contributed by atoms with Gasteiger partial charge in [0.15, 0.2) is 5.82 Å². The van der Waals surface area contributed by atoms with Crippen molar-refractivity contribution in [3.63, 3.8) is 0 Å². The lowest BCUT2D eigenvalue weighted by atomic mass is 10.1. The van der Waals surface area contributed by atoms with Gasteiger partial charge in [-0.2, -0.15) is 15.0 Å². The third kappa shape index (κ3) is 9.78.